The number of methoxy groups -OCH3 is 2. The Balaban J connectivity index is 2.33. The first kappa shape index (κ1) is 16.3. The van der Waals surface area contributed by atoms with Gasteiger partial charge in [0.05, 0.1) is 12.7 Å². The van der Waals surface area contributed by atoms with Crippen LogP contribution in [0.2, 0.25) is 0 Å². The molecule has 1 aromatic rings. The molecule has 1 atom stereocenters. The van der Waals surface area contributed by atoms with Crippen LogP contribution >= 0.6 is 0 Å². The molecule has 0 bridgehead atoms. The quantitative estimate of drug-likeness (QED) is 0.911. The van der Waals surface area contributed by atoms with E-state index in [0.717, 1.165) is 42.6 Å². The van der Waals surface area contributed by atoms with Crippen LogP contribution in [-0.2, 0) is 4.74 Å². The number of aryl methyl sites for hydroxylation is 1. The van der Waals surface area contributed by atoms with Crippen molar-refractivity contribution in [3.63, 3.8) is 0 Å². The topological polar surface area (TPSA) is 38.7 Å². The molecule has 1 aromatic carbocycles. The average Bonchev–Trinajstić information content (AvgIpc) is 2.47. The maximum Gasteiger partial charge on any atom is 0.124 e. The summed E-state index contributed by atoms with van der Waals surface area (Å²) in [6, 6.07) is 5.92. The number of aliphatic hydroxyl groups excluding tert-OH is 1. The highest BCUT2D eigenvalue weighted by Gasteiger charge is 2.45. The number of benzene rings is 1. The predicted molar refractivity (Wildman–Crippen MR) is 84.7 cm³/mol. The average molecular weight is 292 g/mol. The molecule has 0 radical (unpaired) electrons. The van der Waals surface area contributed by atoms with E-state index in [0.29, 0.717) is 5.41 Å². The highest BCUT2D eigenvalue weighted by atomic mass is 16.5. The van der Waals surface area contributed by atoms with Crippen LogP contribution in [0.1, 0.15) is 56.8 Å². The van der Waals surface area contributed by atoms with Gasteiger partial charge in [0, 0.05) is 12.7 Å². The molecular weight excluding hydrogens is 264 g/mol. The lowest BCUT2D eigenvalue weighted by molar-refractivity contribution is -0.138. The van der Waals surface area contributed by atoms with Crippen LogP contribution in [0.15, 0.2) is 18.2 Å². The normalized spacial score (nSPS) is 21.8. The monoisotopic (exact) mass is 292 g/mol. The summed E-state index contributed by atoms with van der Waals surface area (Å²) in [4.78, 5) is 0. The van der Waals surface area contributed by atoms with Gasteiger partial charge in [0.25, 0.3) is 0 Å². The summed E-state index contributed by atoms with van der Waals surface area (Å²) in [5.74, 6) is 0.731. The molecule has 1 fully saturated rings. The van der Waals surface area contributed by atoms with Crippen LogP contribution in [0, 0.1) is 12.3 Å². The van der Waals surface area contributed by atoms with Gasteiger partial charge in [0.1, 0.15) is 11.9 Å². The molecule has 118 valence electrons. The van der Waals surface area contributed by atoms with E-state index < -0.39 is 11.7 Å². The molecule has 1 aliphatic carbocycles. The second kappa shape index (κ2) is 5.98. The third-order valence-corrected chi connectivity index (χ3v) is 5.03. The fourth-order valence-electron chi connectivity index (χ4n) is 3.29. The third kappa shape index (κ3) is 3.24. The fourth-order valence-corrected chi connectivity index (χ4v) is 3.29. The second-order valence-corrected chi connectivity index (χ2v) is 7.08. The molecule has 0 amide bonds. The summed E-state index contributed by atoms with van der Waals surface area (Å²) < 4.78 is 11.2. The summed E-state index contributed by atoms with van der Waals surface area (Å²) >= 11 is 0. The van der Waals surface area contributed by atoms with E-state index in [2.05, 4.69) is 13.8 Å². The van der Waals surface area contributed by atoms with Crippen molar-refractivity contribution in [3.8, 4) is 5.75 Å². The highest BCUT2D eigenvalue weighted by Crippen LogP contribution is 2.48. The Bertz CT molecular complexity index is 483. The van der Waals surface area contributed by atoms with Crippen LogP contribution in [0.5, 0.6) is 5.75 Å². The summed E-state index contributed by atoms with van der Waals surface area (Å²) in [6.45, 7) is 6.59. The van der Waals surface area contributed by atoms with Crippen molar-refractivity contribution < 1.29 is 14.6 Å². The molecule has 0 heterocycles. The Labute approximate surface area is 128 Å². The molecule has 0 saturated heterocycles. The van der Waals surface area contributed by atoms with Crippen LogP contribution < -0.4 is 4.74 Å². The van der Waals surface area contributed by atoms with Crippen LogP contribution in [0.25, 0.3) is 0 Å². The van der Waals surface area contributed by atoms with E-state index in [1.54, 1.807) is 14.2 Å². The van der Waals surface area contributed by atoms with Gasteiger partial charge in [-0.2, -0.15) is 0 Å². The number of hydrogen-bond acceptors (Lipinski definition) is 3. The van der Waals surface area contributed by atoms with Gasteiger partial charge in [-0.15, -0.1) is 0 Å². The zero-order chi connectivity index (χ0) is 15.7. The van der Waals surface area contributed by atoms with Gasteiger partial charge in [-0.3, -0.25) is 0 Å². The first-order valence-electron chi connectivity index (χ1n) is 7.71. The molecule has 1 saturated carbocycles. The Kier molecular flexibility index (Phi) is 4.64. The highest BCUT2D eigenvalue weighted by molar-refractivity contribution is 5.39. The lowest BCUT2D eigenvalue weighted by atomic mass is 9.68. The fraction of sp³-hybridized carbons (Fsp3) is 0.667. The molecule has 1 N–H and O–H groups in total. The molecule has 0 spiro atoms. The number of hydrogen-bond donors (Lipinski definition) is 1. The minimum Gasteiger partial charge on any atom is -0.496 e. The van der Waals surface area contributed by atoms with Gasteiger partial charge >= 0.3 is 0 Å². The van der Waals surface area contributed by atoms with Gasteiger partial charge in [-0.1, -0.05) is 25.5 Å². The molecule has 0 aromatic heterocycles. The summed E-state index contributed by atoms with van der Waals surface area (Å²) in [6.07, 6.45) is 3.20. The Hall–Kier alpha value is -1.06. The lowest BCUT2D eigenvalue weighted by Crippen LogP contribution is -2.44. The zero-order valence-electron chi connectivity index (χ0n) is 13.9. The molecule has 21 heavy (non-hydrogen) atoms. The summed E-state index contributed by atoms with van der Waals surface area (Å²) in [7, 11) is 3.36. The summed E-state index contributed by atoms with van der Waals surface area (Å²) in [5, 5.41) is 11.0. The van der Waals surface area contributed by atoms with E-state index in [1.165, 1.54) is 0 Å². The second-order valence-electron chi connectivity index (χ2n) is 7.08. The van der Waals surface area contributed by atoms with E-state index in [9.17, 15) is 5.11 Å². The third-order valence-electron chi connectivity index (χ3n) is 5.03. The molecule has 3 nitrogen and oxygen atoms in total. The van der Waals surface area contributed by atoms with E-state index in [4.69, 9.17) is 9.47 Å². The Morgan fingerprint density at radius 1 is 1.10 bits per heavy atom. The van der Waals surface area contributed by atoms with E-state index >= 15 is 0 Å². The van der Waals surface area contributed by atoms with Crippen LogP contribution in [0.3, 0.4) is 0 Å². The molecule has 3 heteroatoms. The number of ether oxygens (including phenoxy) is 2. The van der Waals surface area contributed by atoms with Crippen molar-refractivity contribution in [2.45, 2.75) is 58.2 Å². The van der Waals surface area contributed by atoms with E-state index in [1.807, 2.05) is 25.1 Å². The van der Waals surface area contributed by atoms with Crippen LogP contribution in [0.4, 0.5) is 0 Å². The standard InChI is InChI=1S/C18H28O3/c1-13-6-7-15(20-4)14(12-13)16(19)18(21-5)10-8-17(2,3)9-11-18/h6-7,12,16,19H,8-11H2,1-5H3. The Morgan fingerprint density at radius 2 is 1.71 bits per heavy atom. The summed E-state index contributed by atoms with van der Waals surface area (Å²) in [5.41, 5.74) is 1.78. The maximum atomic E-state index is 11.0. The smallest absolute Gasteiger partial charge is 0.124 e. The van der Waals surface area contributed by atoms with E-state index in [-0.39, 0.29) is 0 Å². The van der Waals surface area contributed by atoms with Gasteiger partial charge in [0.2, 0.25) is 0 Å². The Morgan fingerprint density at radius 3 is 2.24 bits per heavy atom. The minimum atomic E-state index is -0.659. The number of rotatable bonds is 4. The molecular formula is C18H28O3. The largest absolute Gasteiger partial charge is 0.496 e. The zero-order valence-corrected chi connectivity index (χ0v) is 13.9. The van der Waals surface area contributed by atoms with Crippen molar-refractivity contribution in [2.75, 3.05) is 14.2 Å². The van der Waals surface area contributed by atoms with Crippen molar-refractivity contribution in [3.05, 3.63) is 29.3 Å². The van der Waals surface area contributed by atoms with Crippen molar-refractivity contribution in [1.82, 2.24) is 0 Å². The molecule has 0 aliphatic heterocycles. The van der Waals surface area contributed by atoms with Crippen molar-refractivity contribution >= 4 is 0 Å². The van der Waals surface area contributed by atoms with Crippen molar-refractivity contribution in [2.24, 2.45) is 5.41 Å². The number of aliphatic hydroxyl groups is 1. The minimum absolute atomic E-state index is 0.332. The SMILES string of the molecule is COc1ccc(C)cc1C(O)C1(OC)CCC(C)(C)CC1. The molecule has 1 unspecified atom stereocenters. The maximum absolute atomic E-state index is 11.0. The molecule has 2 rings (SSSR count). The lowest BCUT2D eigenvalue weighted by Gasteiger charge is -2.45. The van der Waals surface area contributed by atoms with Gasteiger partial charge in [-0.05, 0) is 50.2 Å². The predicted octanol–water partition coefficient (Wildman–Crippen LogP) is 4.02. The first-order valence-corrected chi connectivity index (χ1v) is 7.71. The first-order chi connectivity index (χ1) is 9.83. The van der Waals surface area contributed by atoms with Crippen molar-refractivity contribution in [1.29, 1.82) is 0 Å². The molecule has 1 aliphatic rings. The van der Waals surface area contributed by atoms with Gasteiger partial charge < -0.3 is 14.6 Å². The van der Waals surface area contributed by atoms with Crippen LogP contribution in [-0.4, -0.2) is 24.9 Å². The van der Waals surface area contributed by atoms with Gasteiger partial charge in [-0.25, -0.2) is 0 Å². The van der Waals surface area contributed by atoms with Gasteiger partial charge in [0.15, 0.2) is 0 Å².